The van der Waals surface area contributed by atoms with Crippen molar-refractivity contribution in [1.29, 1.82) is 0 Å². The van der Waals surface area contributed by atoms with Crippen LogP contribution < -0.4 is 9.21 Å². The number of aromatic nitrogens is 1. The van der Waals surface area contributed by atoms with Crippen LogP contribution in [0.3, 0.4) is 0 Å². The van der Waals surface area contributed by atoms with Crippen molar-refractivity contribution in [3.05, 3.63) is 83.7 Å². The van der Waals surface area contributed by atoms with E-state index < -0.39 is 10.0 Å². The summed E-state index contributed by atoms with van der Waals surface area (Å²) in [4.78, 5) is 18.6. The minimum Gasteiger partial charge on any atom is -0.307 e. The molecule has 3 aromatic rings. The number of nitrogens with zero attached hydrogens (tertiary/aromatic N) is 3. The predicted molar refractivity (Wildman–Crippen MR) is 131 cm³/mol. The molecule has 0 radical (unpaired) electrons. The molecule has 0 fully saturated rings. The molecule has 172 valence electrons. The summed E-state index contributed by atoms with van der Waals surface area (Å²) in [5, 5.41) is 0. The summed E-state index contributed by atoms with van der Waals surface area (Å²) in [6.45, 7) is 6.88. The van der Waals surface area contributed by atoms with Crippen molar-refractivity contribution in [2.45, 2.75) is 45.1 Å². The normalized spacial score (nSPS) is 13.5. The standard InChI is InChI=1S/C26H29N3O3S/c1-4-20-5-7-23(8-6-20)29(17-19(2)3)33(31,32)24-9-10-25-22(15-24)16-26(30)28(25)18-21-11-13-27-14-12-21/h5-15,19H,4,16-18H2,1-3H3. The number of pyridine rings is 1. The van der Waals surface area contributed by atoms with Crippen molar-refractivity contribution in [2.24, 2.45) is 5.92 Å². The zero-order chi connectivity index (χ0) is 23.6. The molecule has 1 amide bonds. The Morgan fingerprint density at radius 1 is 1.00 bits per heavy atom. The van der Waals surface area contributed by atoms with Crippen LogP contribution >= 0.6 is 0 Å². The third-order valence-electron chi connectivity index (χ3n) is 5.83. The largest absolute Gasteiger partial charge is 0.307 e. The number of anilines is 2. The number of fused-ring (bicyclic) bond motifs is 1. The van der Waals surface area contributed by atoms with Crippen LogP contribution in [0.25, 0.3) is 0 Å². The monoisotopic (exact) mass is 463 g/mol. The maximum atomic E-state index is 13.7. The molecule has 0 spiro atoms. The first-order chi connectivity index (χ1) is 15.8. The van der Waals surface area contributed by atoms with E-state index in [4.69, 9.17) is 0 Å². The van der Waals surface area contributed by atoms with Crippen molar-refractivity contribution < 1.29 is 13.2 Å². The molecule has 1 aliphatic heterocycles. The summed E-state index contributed by atoms with van der Waals surface area (Å²) in [5.74, 6) is 0.114. The highest BCUT2D eigenvalue weighted by atomic mass is 32.2. The fraction of sp³-hybridized carbons (Fsp3) is 0.308. The topological polar surface area (TPSA) is 70.6 Å². The number of carbonyl (C=O) groups is 1. The van der Waals surface area contributed by atoms with Crippen LogP contribution in [-0.4, -0.2) is 25.9 Å². The lowest BCUT2D eigenvalue weighted by molar-refractivity contribution is -0.117. The zero-order valence-corrected chi connectivity index (χ0v) is 20.0. The van der Waals surface area contributed by atoms with Crippen molar-refractivity contribution in [2.75, 3.05) is 15.7 Å². The van der Waals surface area contributed by atoms with Crippen LogP contribution in [0.15, 0.2) is 71.9 Å². The van der Waals surface area contributed by atoms with Gasteiger partial charge in [0.25, 0.3) is 10.0 Å². The molecule has 0 aliphatic carbocycles. The number of sulfonamides is 1. The Kier molecular flexibility index (Phi) is 6.51. The number of benzene rings is 2. The molecule has 0 saturated carbocycles. The van der Waals surface area contributed by atoms with Gasteiger partial charge < -0.3 is 4.90 Å². The molecule has 6 nitrogen and oxygen atoms in total. The van der Waals surface area contributed by atoms with E-state index in [0.717, 1.165) is 28.8 Å². The van der Waals surface area contributed by atoms with E-state index in [0.29, 0.717) is 18.8 Å². The predicted octanol–water partition coefficient (Wildman–Crippen LogP) is 4.58. The molecule has 2 aromatic carbocycles. The molecule has 0 saturated heterocycles. The molecule has 0 atom stereocenters. The molecule has 0 N–H and O–H groups in total. The number of aryl methyl sites for hydroxylation is 1. The maximum Gasteiger partial charge on any atom is 0.264 e. The fourth-order valence-electron chi connectivity index (χ4n) is 4.06. The molecule has 0 unspecified atom stereocenters. The first-order valence-corrected chi connectivity index (χ1v) is 12.7. The van der Waals surface area contributed by atoms with Crippen LogP contribution in [0.5, 0.6) is 0 Å². The van der Waals surface area contributed by atoms with E-state index in [-0.39, 0.29) is 23.1 Å². The molecule has 2 heterocycles. The van der Waals surface area contributed by atoms with Gasteiger partial charge in [0.15, 0.2) is 0 Å². The second kappa shape index (κ2) is 9.35. The molecule has 1 aliphatic rings. The maximum absolute atomic E-state index is 13.7. The van der Waals surface area contributed by atoms with E-state index in [2.05, 4.69) is 11.9 Å². The van der Waals surface area contributed by atoms with Gasteiger partial charge in [-0.1, -0.05) is 32.9 Å². The lowest BCUT2D eigenvalue weighted by Gasteiger charge is -2.27. The molecule has 1 aromatic heterocycles. The van der Waals surface area contributed by atoms with Crippen LogP contribution in [0, 0.1) is 5.92 Å². The minimum atomic E-state index is -3.79. The first kappa shape index (κ1) is 23.0. The number of carbonyl (C=O) groups excluding carboxylic acids is 1. The summed E-state index contributed by atoms with van der Waals surface area (Å²) in [7, 11) is -3.79. The van der Waals surface area contributed by atoms with Gasteiger partial charge in [-0.2, -0.15) is 0 Å². The molecule has 33 heavy (non-hydrogen) atoms. The highest BCUT2D eigenvalue weighted by molar-refractivity contribution is 7.92. The Morgan fingerprint density at radius 2 is 1.70 bits per heavy atom. The van der Waals surface area contributed by atoms with Gasteiger partial charge in [-0.3, -0.25) is 14.1 Å². The van der Waals surface area contributed by atoms with E-state index in [1.807, 2.05) is 50.2 Å². The van der Waals surface area contributed by atoms with Gasteiger partial charge in [0, 0.05) is 24.6 Å². The average molecular weight is 464 g/mol. The van der Waals surface area contributed by atoms with Gasteiger partial charge >= 0.3 is 0 Å². The van der Waals surface area contributed by atoms with Crippen molar-refractivity contribution in [3.63, 3.8) is 0 Å². The summed E-state index contributed by atoms with van der Waals surface area (Å²) in [6.07, 6.45) is 4.48. The third-order valence-corrected chi connectivity index (χ3v) is 7.62. The zero-order valence-electron chi connectivity index (χ0n) is 19.2. The Morgan fingerprint density at radius 3 is 2.33 bits per heavy atom. The quantitative estimate of drug-likeness (QED) is 0.490. The van der Waals surface area contributed by atoms with Gasteiger partial charge in [-0.05, 0) is 71.5 Å². The lowest BCUT2D eigenvalue weighted by Crippen LogP contribution is -2.34. The Bertz CT molecular complexity index is 1240. The molecule has 7 heteroatoms. The minimum absolute atomic E-state index is 0.0365. The Hall–Kier alpha value is -3.19. The van der Waals surface area contributed by atoms with Gasteiger partial charge in [0.2, 0.25) is 5.91 Å². The molecular weight excluding hydrogens is 434 g/mol. The molecule has 0 bridgehead atoms. The van der Waals surface area contributed by atoms with E-state index in [1.54, 1.807) is 35.5 Å². The van der Waals surface area contributed by atoms with Crippen LogP contribution in [-0.2, 0) is 34.2 Å². The number of amides is 1. The molecule has 4 rings (SSSR count). The van der Waals surface area contributed by atoms with Crippen molar-refractivity contribution >= 4 is 27.3 Å². The fourth-order valence-corrected chi connectivity index (χ4v) is 5.74. The summed E-state index contributed by atoms with van der Waals surface area (Å²) < 4.78 is 28.9. The van der Waals surface area contributed by atoms with Crippen LogP contribution in [0.2, 0.25) is 0 Å². The lowest BCUT2D eigenvalue weighted by atomic mass is 10.1. The highest BCUT2D eigenvalue weighted by Gasteiger charge is 2.31. The van der Waals surface area contributed by atoms with Crippen LogP contribution in [0.4, 0.5) is 11.4 Å². The van der Waals surface area contributed by atoms with Crippen molar-refractivity contribution in [1.82, 2.24) is 4.98 Å². The second-order valence-electron chi connectivity index (χ2n) is 8.75. The Labute approximate surface area is 195 Å². The van der Waals surface area contributed by atoms with Crippen LogP contribution in [0.1, 0.15) is 37.5 Å². The first-order valence-electron chi connectivity index (χ1n) is 11.2. The van der Waals surface area contributed by atoms with Gasteiger partial charge in [0.05, 0.1) is 23.5 Å². The smallest absolute Gasteiger partial charge is 0.264 e. The van der Waals surface area contributed by atoms with Gasteiger partial charge in [-0.25, -0.2) is 8.42 Å². The SMILES string of the molecule is CCc1ccc(N(CC(C)C)S(=O)(=O)c2ccc3c(c2)CC(=O)N3Cc2ccncc2)cc1. The summed E-state index contributed by atoms with van der Waals surface area (Å²) >= 11 is 0. The third kappa shape index (κ3) is 4.78. The van der Waals surface area contributed by atoms with Gasteiger partial charge in [0.1, 0.15) is 0 Å². The Balaban J connectivity index is 1.67. The van der Waals surface area contributed by atoms with Gasteiger partial charge in [-0.15, -0.1) is 0 Å². The average Bonchev–Trinajstić information content (AvgIpc) is 3.12. The number of hydrogen-bond donors (Lipinski definition) is 0. The van der Waals surface area contributed by atoms with E-state index in [9.17, 15) is 13.2 Å². The van der Waals surface area contributed by atoms with E-state index >= 15 is 0 Å². The number of hydrogen-bond acceptors (Lipinski definition) is 4. The van der Waals surface area contributed by atoms with E-state index in [1.165, 1.54) is 4.31 Å². The second-order valence-corrected chi connectivity index (χ2v) is 10.6. The molecular formula is C26H29N3O3S. The highest BCUT2D eigenvalue weighted by Crippen LogP contribution is 2.34. The summed E-state index contributed by atoms with van der Waals surface area (Å²) in [5.41, 5.74) is 4.28. The summed E-state index contributed by atoms with van der Waals surface area (Å²) in [6, 6.07) is 16.4. The number of rotatable bonds is 8. The van der Waals surface area contributed by atoms with Crippen molar-refractivity contribution in [3.8, 4) is 0 Å².